The molecule has 184 valence electrons. The average Bonchev–Trinajstić information content (AvgIpc) is 3.36. The summed E-state index contributed by atoms with van der Waals surface area (Å²) in [6.07, 6.45) is 7.92. The van der Waals surface area contributed by atoms with Crippen LogP contribution < -0.4 is 0 Å². The summed E-state index contributed by atoms with van der Waals surface area (Å²) < 4.78 is 5.74. The number of allylic oxidation sites excluding steroid dienone is 4. The zero-order chi connectivity index (χ0) is 24.6. The van der Waals surface area contributed by atoms with E-state index in [1.54, 1.807) is 12.2 Å². The van der Waals surface area contributed by atoms with Gasteiger partial charge in [-0.05, 0) is 68.2 Å². The van der Waals surface area contributed by atoms with Crippen LogP contribution in [0.1, 0.15) is 46.0 Å². The molecule has 7 atom stereocenters. The summed E-state index contributed by atoms with van der Waals surface area (Å²) in [7, 11) is 0. The van der Waals surface area contributed by atoms with E-state index in [1.165, 1.54) is 11.8 Å². The van der Waals surface area contributed by atoms with Crippen LogP contribution in [0.4, 0.5) is 0 Å². The molecule has 4 aliphatic rings. The van der Waals surface area contributed by atoms with E-state index in [2.05, 4.69) is 11.9 Å². The van der Waals surface area contributed by atoms with E-state index in [-0.39, 0.29) is 40.5 Å². The second kappa shape index (κ2) is 7.89. The van der Waals surface area contributed by atoms with E-state index >= 15 is 0 Å². The first-order valence-corrected chi connectivity index (χ1v) is 13.5. The Hall–Kier alpha value is -2.22. The van der Waals surface area contributed by atoms with Gasteiger partial charge in [0.05, 0.1) is 11.9 Å². The molecule has 6 unspecified atom stereocenters. The molecule has 0 amide bonds. The van der Waals surface area contributed by atoms with Gasteiger partial charge in [-0.15, -0.1) is 0 Å². The zero-order valence-corrected chi connectivity index (χ0v) is 20.9. The summed E-state index contributed by atoms with van der Waals surface area (Å²) >= 11 is 1.22. The molecule has 35 heavy (non-hydrogen) atoms. The number of thioether (sulfide) groups is 1. The highest BCUT2D eigenvalue weighted by atomic mass is 32.2. The molecule has 3 fully saturated rings. The predicted octanol–water partition coefficient (Wildman–Crippen LogP) is 4.50. The van der Waals surface area contributed by atoms with Gasteiger partial charge >= 0.3 is 0 Å². The molecule has 6 rings (SSSR count). The van der Waals surface area contributed by atoms with Crippen molar-refractivity contribution in [3.8, 4) is 0 Å². The smallest absolute Gasteiger partial charge is 0.257 e. The van der Waals surface area contributed by atoms with Crippen LogP contribution in [0.2, 0.25) is 0 Å². The second-order valence-electron chi connectivity index (χ2n) is 11.3. The van der Waals surface area contributed by atoms with E-state index in [0.717, 1.165) is 30.4 Å². The van der Waals surface area contributed by atoms with E-state index in [1.807, 2.05) is 37.3 Å². The molecule has 7 heteroatoms. The first kappa shape index (κ1) is 23.2. The van der Waals surface area contributed by atoms with Crippen LogP contribution >= 0.6 is 11.8 Å². The van der Waals surface area contributed by atoms with E-state index < -0.39 is 17.1 Å². The number of hydrogen-bond donors (Lipinski definition) is 2. The Labute approximate surface area is 208 Å². The lowest BCUT2D eigenvalue weighted by molar-refractivity contribution is -0.174. The van der Waals surface area contributed by atoms with Crippen LogP contribution in [-0.2, 0) is 9.59 Å². The van der Waals surface area contributed by atoms with E-state index in [9.17, 15) is 19.8 Å². The number of benzene rings is 1. The van der Waals surface area contributed by atoms with Gasteiger partial charge in [-0.3, -0.25) is 9.59 Å². The molecule has 2 aromatic rings. The standard InChI is InChI=1S/C28H31NO5S/c1-26-11-9-17(30)13-16(26)7-8-18-19-10-12-28(33,27(19,2)14-21(31)24(18)26)23(32)15-35-25-29-20-5-3-4-6-22(20)34-25/h3-6,9,11,13,18-19,21,24,31,33H,7-8,10,12,14-15H2,1-2H3/t18?,19?,21?,24?,26?,27?,28-/m0/s1. The summed E-state index contributed by atoms with van der Waals surface area (Å²) in [4.78, 5) is 30.0. The van der Waals surface area contributed by atoms with Gasteiger partial charge in [0.15, 0.2) is 17.1 Å². The molecule has 3 saturated carbocycles. The van der Waals surface area contributed by atoms with Gasteiger partial charge in [-0.2, -0.15) is 0 Å². The monoisotopic (exact) mass is 493 g/mol. The lowest BCUT2D eigenvalue weighted by Gasteiger charge is -2.59. The predicted molar refractivity (Wildman–Crippen MR) is 133 cm³/mol. The van der Waals surface area contributed by atoms with Crippen molar-refractivity contribution in [3.63, 3.8) is 0 Å². The Morgan fingerprint density at radius 3 is 2.86 bits per heavy atom. The van der Waals surface area contributed by atoms with Gasteiger partial charge in [-0.1, -0.05) is 49.4 Å². The lowest BCUT2D eigenvalue weighted by Crippen LogP contribution is -2.61. The Balaban J connectivity index is 1.25. The fraction of sp³-hybridized carbons (Fsp3) is 0.536. The van der Waals surface area contributed by atoms with Crippen LogP contribution in [0, 0.1) is 28.6 Å². The van der Waals surface area contributed by atoms with Crippen LogP contribution in [0.15, 0.2) is 57.7 Å². The van der Waals surface area contributed by atoms with Gasteiger partial charge in [0.1, 0.15) is 11.1 Å². The van der Waals surface area contributed by atoms with Crippen molar-refractivity contribution in [2.24, 2.45) is 28.6 Å². The third kappa shape index (κ3) is 3.27. The number of aromatic nitrogens is 1. The zero-order valence-electron chi connectivity index (χ0n) is 20.1. The number of rotatable bonds is 4. The number of para-hydroxylation sites is 2. The van der Waals surface area contributed by atoms with Crippen LogP contribution in [0.25, 0.3) is 11.1 Å². The number of fused-ring (bicyclic) bond motifs is 6. The minimum atomic E-state index is -1.49. The van der Waals surface area contributed by atoms with Gasteiger partial charge in [0.25, 0.3) is 5.22 Å². The Bertz CT molecular complexity index is 1250. The van der Waals surface area contributed by atoms with Crippen molar-refractivity contribution in [2.45, 2.75) is 62.9 Å². The van der Waals surface area contributed by atoms with Crippen molar-refractivity contribution < 1.29 is 24.2 Å². The van der Waals surface area contributed by atoms with Gasteiger partial charge in [-0.25, -0.2) is 4.98 Å². The van der Waals surface area contributed by atoms with Crippen molar-refractivity contribution in [2.75, 3.05) is 5.75 Å². The number of carbonyl (C=O) groups is 2. The Kier molecular flexibility index (Phi) is 5.23. The summed E-state index contributed by atoms with van der Waals surface area (Å²) in [5.41, 5.74) is -0.0177. The topological polar surface area (TPSA) is 101 Å². The van der Waals surface area contributed by atoms with E-state index in [4.69, 9.17) is 4.42 Å². The number of aliphatic hydroxyl groups is 2. The molecular formula is C28H31NO5S. The number of ketones is 2. The first-order valence-electron chi connectivity index (χ1n) is 12.5. The summed E-state index contributed by atoms with van der Waals surface area (Å²) in [5.74, 6) is 0.190. The molecule has 0 spiro atoms. The Morgan fingerprint density at radius 2 is 2.06 bits per heavy atom. The molecule has 6 nitrogen and oxygen atoms in total. The second-order valence-corrected chi connectivity index (χ2v) is 12.2. The number of carbonyl (C=O) groups excluding carboxylic acids is 2. The maximum Gasteiger partial charge on any atom is 0.257 e. The third-order valence-electron chi connectivity index (χ3n) is 9.71. The molecule has 1 aromatic heterocycles. The molecule has 0 bridgehead atoms. The quantitative estimate of drug-likeness (QED) is 0.605. The number of nitrogens with zero attached hydrogens (tertiary/aromatic N) is 1. The highest BCUT2D eigenvalue weighted by molar-refractivity contribution is 7.99. The van der Waals surface area contributed by atoms with Crippen molar-refractivity contribution in [1.29, 1.82) is 0 Å². The molecule has 2 N–H and O–H groups in total. The number of oxazole rings is 1. The Morgan fingerprint density at radius 1 is 1.26 bits per heavy atom. The highest BCUT2D eigenvalue weighted by Gasteiger charge is 2.68. The lowest BCUT2D eigenvalue weighted by atomic mass is 9.46. The van der Waals surface area contributed by atoms with Crippen LogP contribution in [-0.4, -0.2) is 44.2 Å². The number of aliphatic hydroxyl groups excluding tert-OH is 1. The summed E-state index contributed by atoms with van der Waals surface area (Å²) in [6.45, 7) is 4.13. The van der Waals surface area contributed by atoms with Gasteiger partial charge in [0.2, 0.25) is 0 Å². The normalized spacial score (nSPS) is 40.2. The fourth-order valence-corrected chi connectivity index (χ4v) is 8.75. The maximum atomic E-state index is 13.5. The van der Waals surface area contributed by atoms with Crippen LogP contribution in [0.5, 0.6) is 0 Å². The first-order chi connectivity index (χ1) is 16.7. The largest absolute Gasteiger partial charge is 0.431 e. The van der Waals surface area contributed by atoms with Crippen molar-refractivity contribution in [1.82, 2.24) is 4.98 Å². The summed E-state index contributed by atoms with van der Waals surface area (Å²) in [6, 6.07) is 7.47. The minimum absolute atomic E-state index is 0.0170. The molecule has 4 aliphatic carbocycles. The van der Waals surface area contributed by atoms with Crippen LogP contribution in [0.3, 0.4) is 0 Å². The molecule has 1 aromatic carbocycles. The average molecular weight is 494 g/mol. The van der Waals surface area contributed by atoms with Crippen molar-refractivity contribution >= 4 is 34.4 Å². The maximum absolute atomic E-state index is 13.5. The number of hydrogen-bond acceptors (Lipinski definition) is 7. The highest BCUT2D eigenvalue weighted by Crippen LogP contribution is 2.67. The number of Topliss-reactive ketones (excluding diaryl/α,β-unsaturated/α-hetero) is 1. The summed E-state index contributed by atoms with van der Waals surface area (Å²) in [5, 5.41) is 23.8. The van der Waals surface area contributed by atoms with Crippen molar-refractivity contribution in [3.05, 3.63) is 48.1 Å². The molecule has 1 heterocycles. The molecule has 0 saturated heterocycles. The van der Waals surface area contributed by atoms with Gasteiger partial charge < -0.3 is 14.6 Å². The molecular weight excluding hydrogens is 462 g/mol. The molecule has 0 aliphatic heterocycles. The SMILES string of the molecule is CC12C=CC(=O)C=C1CCC1C2C(O)CC2(C)C1CC[C@]2(O)C(=O)CSc1nc2ccccc2o1. The third-order valence-corrected chi connectivity index (χ3v) is 10.5. The van der Waals surface area contributed by atoms with Gasteiger partial charge in [0, 0.05) is 16.7 Å². The van der Waals surface area contributed by atoms with E-state index in [0.29, 0.717) is 23.6 Å². The minimum Gasteiger partial charge on any atom is -0.431 e. The fourth-order valence-electron chi connectivity index (χ4n) is 7.95. The molecule has 0 radical (unpaired) electrons.